The second-order valence-electron chi connectivity index (χ2n) is 2.62. The van der Waals surface area contributed by atoms with Crippen LogP contribution in [0.1, 0.15) is 20.8 Å². The van der Waals surface area contributed by atoms with Crippen LogP contribution in [0, 0.1) is 0 Å². The fourth-order valence-electron chi connectivity index (χ4n) is 1.11. The largest absolute Gasteiger partial charge is 0.369 e. The number of nitrogens with zero attached hydrogens (tertiary/aromatic N) is 2. The molecule has 0 fully saturated rings. The molecule has 16 heavy (non-hydrogen) atoms. The lowest BCUT2D eigenvalue weighted by Gasteiger charge is -1.89. The summed E-state index contributed by atoms with van der Waals surface area (Å²) in [5.41, 5.74) is 5.83. The van der Waals surface area contributed by atoms with Crippen LogP contribution in [0.2, 0.25) is 0 Å². The molecule has 4 N–H and O–H groups in total. The zero-order chi connectivity index (χ0) is 12.1. The number of nitrogen functional groups attached to an aromatic ring is 1. The quantitative estimate of drug-likeness (QED) is 0.689. The van der Waals surface area contributed by atoms with Crippen molar-refractivity contribution >= 4 is 28.9 Å². The fraction of sp³-hybridized carbons (Fsp3) is 0.444. The van der Waals surface area contributed by atoms with Crippen LogP contribution in [0.4, 0.5) is 5.95 Å². The maximum absolute atomic E-state index is 11.4. The molecule has 88 valence electrons. The minimum atomic E-state index is -0.289. The second-order valence-corrected chi connectivity index (χ2v) is 3.88. The minimum Gasteiger partial charge on any atom is -0.369 e. The summed E-state index contributed by atoms with van der Waals surface area (Å²) in [4.78, 5) is 24.7. The van der Waals surface area contributed by atoms with Crippen molar-refractivity contribution in [3.63, 3.8) is 0 Å². The summed E-state index contributed by atoms with van der Waals surface area (Å²) in [6, 6.07) is 0. The van der Waals surface area contributed by atoms with Crippen LogP contribution in [0.5, 0.6) is 0 Å². The van der Waals surface area contributed by atoms with E-state index in [1.165, 1.54) is 11.8 Å². The number of nitrogens with two attached hydrogens (primary N) is 1. The molecule has 6 nitrogen and oxygen atoms in total. The van der Waals surface area contributed by atoms with Gasteiger partial charge in [0.05, 0.1) is 0 Å². The molecule has 2 aromatic rings. The number of anilines is 1. The van der Waals surface area contributed by atoms with E-state index in [1.54, 1.807) is 0 Å². The Balaban J connectivity index is 0.000000606. The van der Waals surface area contributed by atoms with Crippen LogP contribution >= 0.6 is 11.8 Å². The van der Waals surface area contributed by atoms with Gasteiger partial charge in [-0.15, -0.1) is 0 Å². The number of nitrogens with one attached hydrogen (secondary N) is 2. The molecule has 0 spiro atoms. The number of thioether (sulfide) groups is 1. The number of aromatic nitrogens is 4. The van der Waals surface area contributed by atoms with Gasteiger partial charge in [0.15, 0.2) is 16.3 Å². The van der Waals surface area contributed by atoms with E-state index >= 15 is 0 Å². The summed E-state index contributed by atoms with van der Waals surface area (Å²) in [6.07, 6.45) is 0. The Hall–Kier alpha value is -1.50. The van der Waals surface area contributed by atoms with Gasteiger partial charge >= 0.3 is 0 Å². The van der Waals surface area contributed by atoms with Gasteiger partial charge < -0.3 is 10.7 Å². The van der Waals surface area contributed by atoms with Gasteiger partial charge in [-0.3, -0.25) is 9.78 Å². The molecule has 0 unspecified atom stereocenters. The van der Waals surface area contributed by atoms with Crippen molar-refractivity contribution in [2.75, 3.05) is 11.5 Å². The molecule has 0 bridgehead atoms. The zero-order valence-electron chi connectivity index (χ0n) is 9.50. The van der Waals surface area contributed by atoms with Gasteiger partial charge in [0.1, 0.15) is 0 Å². The third-order valence-corrected chi connectivity index (χ3v) is 2.39. The molecule has 2 heterocycles. The van der Waals surface area contributed by atoms with Crippen LogP contribution < -0.4 is 11.3 Å². The summed E-state index contributed by atoms with van der Waals surface area (Å²) in [5.74, 6) is 0.967. The van der Waals surface area contributed by atoms with Crippen molar-refractivity contribution in [1.29, 1.82) is 0 Å². The van der Waals surface area contributed by atoms with Crippen LogP contribution in [-0.4, -0.2) is 25.7 Å². The van der Waals surface area contributed by atoms with Crippen LogP contribution in [0.15, 0.2) is 9.95 Å². The lowest BCUT2D eigenvalue weighted by Crippen LogP contribution is -2.10. The van der Waals surface area contributed by atoms with Crippen LogP contribution in [-0.2, 0) is 0 Å². The summed E-state index contributed by atoms with van der Waals surface area (Å²) in [5, 5.41) is 0.686. The number of H-pyrrole nitrogens is 2. The number of fused-ring (bicyclic) bond motifs is 1. The van der Waals surface area contributed by atoms with Gasteiger partial charge in [-0.05, 0) is 5.75 Å². The second kappa shape index (κ2) is 5.55. The highest BCUT2D eigenvalue weighted by molar-refractivity contribution is 7.99. The van der Waals surface area contributed by atoms with Crippen molar-refractivity contribution in [2.24, 2.45) is 0 Å². The van der Waals surface area contributed by atoms with Gasteiger partial charge in [0.25, 0.3) is 5.56 Å². The maximum Gasteiger partial charge on any atom is 0.278 e. The predicted molar refractivity (Wildman–Crippen MR) is 66.7 cm³/mol. The summed E-state index contributed by atoms with van der Waals surface area (Å²) in [7, 11) is 0. The normalized spacial score (nSPS) is 9.94. The number of aromatic amines is 2. The molecular formula is C9H15N5OS. The summed E-state index contributed by atoms with van der Waals surface area (Å²) in [6.45, 7) is 6.00. The standard InChI is InChI=1S/C7H9N5OS.C2H6/c1-2-14-7-9-3-4(11-7)10-6(8)12-5(3)13;1-2/h2H2,1H3,(H4,8,9,10,11,12,13);1-2H3. The molecule has 7 heteroatoms. The number of hydrogen-bond donors (Lipinski definition) is 3. The van der Waals surface area contributed by atoms with Gasteiger partial charge in [0, 0.05) is 0 Å². The van der Waals surface area contributed by atoms with Crippen molar-refractivity contribution in [3.8, 4) is 0 Å². The SMILES string of the molecule is CC.CCSc1nc2nc(N)[nH]c(=O)c2[nH]1. The Morgan fingerprint density at radius 3 is 2.62 bits per heavy atom. The maximum atomic E-state index is 11.4. The third-order valence-electron chi connectivity index (χ3n) is 1.64. The Bertz CT molecular complexity index is 518. The first-order chi connectivity index (χ1) is 7.70. The average Bonchev–Trinajstić information content (AvgIpc) is 2.64. The van der Waals surface area contributed by atoms with Crippen LogP contribution in [0.3, 0.4) is 0 Å². The first-order valence-electron chi connectivity index (χ1n) is 5.09. The van der Waals surface area contributed by atoms with Gasteiger partial charge in [-0.25, -0.2) is 4.98 Å². The Kier molecular flexibility index (Phi) is 4.36. The molecule has 0 aromatic carbocycles. The molecule has 0 atom stereocenters. The Morgan fingerprint density at radius 2 is 2.00 bits per heavy atom. The molecule has 0 saturated heterocycles. The highest BCUT2D eigenvalue weighted by Crippen LogP contribution is 2.15. The highest BCUT2D eigenvalue weighted by Gasteiger charge is 2.07. The van der Waals surface area contributed by atoms with E-state index in [0.717, 1.165) is 5.75 Å². The molecule has 0 aliphatic carbocycles. The van der Waals surface area contributed by atoms with E-state index in [1.807, 2.05) is 20.8 Å². The topological polar surface area (TPSA) is 100 Å². The molecule has 0 amide bonds. The first-order valence-corrected chi connectivity index (χ1v) is 6.07. The van der Waals surface area contributed by atoms with E-state index in [9.17, 15) is 4.79 Å². The number of imidazole rings is 1. The molecule has 2 rings (SSSR count). The fourth-order valence-corrected chi connectivity index (χ4v) is 1.71. The highest BCUT2D eigenvalue weighted by atomic mass is 32.2. The van der Waals surface area contributed by atoms with Crippen molar-refractivity contribution in [2.45, 2.75) is 25.9 Å². The summed E-state index contributed by atoms with van der Waals surface area (Å²) >= 11 is 1.52. The average molecular weight is 241 g/mol. The number of rotatable bonds is 2. The Labute approximate surface area is 97.1 Å². The molecule has 2 aromatic heterocycles. The minimum absolute atomic E-state index is 0.0852. The third kappa shape index (κ3) is 2.54. The molecule has 0 saturated carbocycles. The summed E-state index contributed by atoms with van der Waals surface area (Å²) < 4.78 is 0. The Morgan fingerprint density at radius 1 is 1.31 bits per heavy atom. The van der Waals surface area contributed by atoms with E-state index in [0.29, 0.717) is 16.3 Å². The van der Waals surface area contributed by atoms with Gasteiger partial charge in [0.2, 0.25) is 5.95 Å². The lowest BCUT2D eigenvalue weighted by atomic mass is 10.5. The van der Waals surface area contributed by atoms with E-state index in [-0.39, 0.29) is 11.5 Å². The van der Waals surface area contributed by atoms with E-state index in [2.05, 4.69) is 19.9 Å². The first kappa shape index (κ1) is 12.6. The molecular weight excluding hydrogens is 226 g/mol. The molecule has 0 aliphatic heterocycles. The predicted octanol–water partition coefficient (Wildman–Crippen LogP) is 1.37. The number of hydrogen-bond acceptors (Lipinski definition) is 5. The monoisotopic (exact) mass is 241 g/mol. The lowest BCUT2D eigenvalue weighted by molar-refractivity contribution is 1.07. The molecule has 0 radical (unpaired) electrons. The zero-order valence-corrected chi connectivity index (χ0v) is 10.3. The van der Waals surface area contributed by atoms with Gasteiger partial charge in [-0.2, -0.15) is 4.98 Å². The van der Waals surface area contributed by atoms with E-state index in [4.69, 9.17) is 5.73 Å². The van der Waals surface area contributed by atoms with Crippen molar-refractivity contribution < 1.29 is 0 Å². The van der Waals surface area contributed by atoms with E-state index < -0.39 is 0 Å². The van der Waals surface area contributed by atoms with Crippen LogP contribution in [0.25, 0.3) is 11.2 Å². The molecule has 0 aliphatic rings. The van der Waals surface area contributed by atoms with Gasteiger partial charge in [-0.1, -0.05) is 32.5 Å². The smallest absolute Gasteiger partial charge is 0.278 e. The van der Waals surface area contributed by atoms with Crippen molar-refractivity contribution in [3.05, 3.63) is 10.4 Å². The van der Waals surface area contributed by atoms with Crippen molar-refractivity contribution in [1.82, 2.24) is 19.9 Å².